The maximum Gasteiger partial charge on any atom is 0.203 e. The Bertz CT molecular complexity index is 1070. The highest BCUT2D eigenvalue weighted by Gasteiger charge is 2.33. The zero-order valence-electron chi connectivity index (χ0n) is 21.4. The molecule has 0 saturated heterocycles. The summed E-state index contributed by atoms with van der Waals surface area (Å²) in [5, 5.41) is 10.6. The molecule has 0 spiro atoms. The first-order valence-electron chi connectivity index (χ1n) is 13.3. The van der Waals surface area contributed by atoms with Crippen molar-refractivity contribution in [2.24, 2.45) is 17.8 Å². The van der Waals surface area contributed by atoms with Crippen molar-refractivity contribution < 1.29 is 32.1 Å². The molecule has 1 saturated carbocycles. The fourth-order valence-corrected chi connectivity index (χ4v) is 5.77. The molecular weight excluding hydrogens is 484 g/mol. The first-order chi connectivity index (χ1) is 17.8. The van der Waals surface area contributed by atoms with Crippen LogP contribution >= 0.6 is 0 Å². The Kier molecular flexibility index (Phi) is 9.30. The molecule has 7 heteroatoms. The van der Waals surface area contributed by atoms with Crippen LogP contribution < -0.4 is 4.74 Å². The van der Waals surface area contributed by atoms with E-state index in [-0.39, 0.29) is 29.6 Å². The van der Waals surface area contributed by atoms with Crippen molar-refractivity contribution in [3.05, 3.63) is 76.9 Å². The average molecular weight is 521 g/mol. The van der Waals surface area contributed by atoms with Gasteiger partial charge in [-0.2, -0.15) is 4.39 Å². The summed E-state index contributed by atoms with van der Waals surface area (Å²) in [5.41, 5.74) is 0.635. The number of hydrogen-bond donors (Lipinski definition) is 1. The lowest BCUT2D eigenvalue weighted by Gasteiger charge is -2.30. The zero-order chi connectivity index (χ0) is 26.5. The number of hydrogen-bond acceptors (Lipinski definition) is 3. The number of benzene rings is 1. The van der Waals surface area contributed by atoms with Crippen LogP contribution in [0.15, 0.2) is 59.7 Å². The summed E-state index contributed by atoms with van der Waals surface area (Å²) in [6.45, 7) is 4.01. The molecule has 0 aromatic heterocycles. The van der Waals surface area contributed by atoms with Crippen LogP contribution in [0.4, 0.5) is 17.6 Å². The molecule has 202 valence electrons. The van der Waals surface area contributed by atoms with Gasteiger partial charge in [0.25, 0.3) is 0 Å². The topological polar surface area (TPSA) is 38.7 Å². The summed E-state index contributed by atoms with van der Waals surface area (Å²) >= 11 is 0. The number of aliphatic hydroxyl groups is 1. The lowest BCUT2D eigenvalue weighted by molar-refractivity contribution is -0.0549. The predicted molar refractivity (Wildman–Crippen MR) is 135 cm³/mol. The van der Waals surface area contributed by atoms with Crippen LogP contribution in [0.1, 0.15) is 70.3 Å². The second-order valence-electron chi connectivity index (χ2n) is 10.2. The third-order valence-corrected chi connectivity index (χ3v) is 7.83. The number of ether oxygens (including phenoxy) is 2. The van der Waals surface area contributed by atoms with E-state index < -0.39 is 41.6 Å². The van der Waals surface area contributed by atoms with Crippen molar-refractivity contribution in [1.29, 1.82) is 0 Å². The number of aliphatic hydroxyl groups excluding tert-OH is 1. The normalized spacial score (nSPS) is 29.5. The van der Waals surface area contributed by atoms with Gasteiger partial charge in [-0.05, 0) is 87.8 Å². The smallest absolute Gasteiger partial charge is 0.203 e. The highest BCUT2D eigenvalue weighted by atomic mass is 19.2. The number of rotatable bonds is 8. The minimum Gasteiger partial charge on any atom is -0.461 e. The molecule has 1 aromatic carbocycles. The minimum atomic E-state index is -1.40. The third kappa shape index (κ3) is 6.20. The van der Waals surface area contributed by atoms with E-state index in [1.807, 2.05) is 13.0 Å². The summed E-state index contributed by atoms with van der Waals surface area (Å²) in [5.74, 6) is -4.49. The third-order valence-electron chi connectivity index (χ3n) is 7.83. The van der Waals surface area contributed by atoms with Gasteiger partial charge in [0.2, 0.25) is 12.1 Å². The first-order valence-corrected chi connectivity index (χ1v) is 13.3. The highest BCUT2D eigenvalue weighted by molar-refractivity contribution is 5.38. The van der Waals surface area contributed by atoms with E-state index in [2.05, 4.69) is 6.08 Å². The van der Waals surface area contributed by atoms with Gasteiger partial charge in [-0.1, -0.05) is 36.4 Å². The van der Waals surface area contributed by atoms with Crippen molar-refractivity contribution in [1.82, 2.24) is 0 Å². The van der Waals surface area contributed by atoms with Gasteiger partial charge in [0.1, 0.15) is 6.10 Å². The second kappa shape index (κ2) is 12.4. The molecule has 0 radical (unpaired) electrons. The maximum atomic E-state index is 14.9. The van der Waals surface area contributed by atoms with E-state index in [1.165, 1.54) is 6.07 Å². The molecule has 1 fully saturated rings. The summed E-state index contributed by atoms with van der Waals surface area (Å²) in [6.07, 6.45) is 11.6. The molecule has 4 atom stereocenters. The largest absolute Gasteiger partial charge is 0.461 e. The van der Waals surface area contributed by atoms with Gasteiger partial charge >= 0.3 is 0 Å². The van der Waals surface area contributed by atoms with E-state index in [9.17, 15) is 22.7 Å². The Labute approximate surface area is 216 Å². The minimum absolute atomic E-state index is 0.0367. The Morgan fingerprint density at radius 3 is 2.41 bits per heavy atom. The fraction of sp³-hybridized carbons (Fsp3) is 0.533. The first kappa shape index (κ1) is 27.6. The van der Waals surface area contributed by atoms with Crippen molar-refractivity contribution in [3.63, 3.8) is 0 Å². The maximum absolute atomic E-state index is 14.9. The molecule has 0 heterocycles. The molecule has 1 aromatic rings. The van der Waals surface area contributed by atoms with E-state index >= 15 is 0 Å². The Morgan fingerprint density at radius 2 is 1.76 bits per heavy atom. The van der Waals surface area contributed by atoms with Crippen molar-refractivity contribution in [2.75, 3.05) is 6.61 Å². The highest BCUT2D eigenvalue weighted by Crippen LogP contribution is 2.41. The fourth-order valence-electron chi connectivity index (χ4n) is 5.77. The molecule has 3 nitrogen and oxygen atoms in total. The zero-order valence-corrected chi connectivity index (χ0v) is 21.4. The van der Waals surface area contributed by atoms with Gasteiger partial charge in [0.05, 0.1) is 0 Å². The van der Waals surface area contributed by atoms with Gasteiger partial charge in [-0.15, -0.1) is 0 Å². The summed E-state index contributed by atoms with van der Waals surface area (Å²) < 4.78 is 69.4. The second-order valence-corrected chi connectivity index (χ2v) is 10.2. The molecule has 4 unspecified atom stereocenters. The predicted octanol–water partition coefficient (Wildman–Crippen LogP) is 7.98. The average Bonchev–Trinajstić information content (AvgIpc) is 2.91. The molecule has 3 aliphatic carbocycles. The Hall–Kier alpha value is -2.38. The molecule has 4 rings (SSSR count). The van der Waals surface area contributed by atoms with E-state index in [4.69, 9.17) is 9.47 Å². The molecule has 1 N–H and O–H groups in total. The quantitative estimate of drug-likeness (QED) is 0.215. The van der Waals surface area contributed by atoms with Crippen LogP contribution in [-0.4, -0.2) is 24.1 Å². The lowest BCUT2D eigenvalue weighted by Crippen LogP contribution is -2.29. The van der Waals surface area contributed by atoms with E-state index in [0.717, 1.165) is 25.7 Å². The van der Waals surface area contributed by atoms with Crippen LogP contribution in [0.5, 0.6) is 5.75 Å². The van der Waals surface area contributed by atoms with Crippen molar-refractivity contribution in [2.45, 2.75) is 77.1 Å². The van der Waals surface area contributed by atoms with Crippen LogP contribution in [0.2, 0.25) is 0 Å². The Balaban J connectivity index is 1.37. The van der Waals surface area contributed by atoms with Gasteiger partial charge in [-0.25, -0.2) is 13.2 Å². The standard InChI is InChI=1S/C30H36F4O3/c1-3-5-18-6-8-19(9-7-18)23-15-17-25(29(34)27(23)32)37-30(35)21-12-10-20(11-13-21)22-14-16-24(36-4-2)28(33)26(22)31/h3,5,10,12,14-15,17-21,24,30,35H,4,6-9,11,13,16H2,1-2H3/b5-3+. The molecule has 3 aliphatic rings. The van der Waals surface area contributed by atoms with Crippen LogP contribution in [-0.2, 0) is 4.74 Å². The number of allylic oxidation sites excluding steroid dienone is 5. The van der Waals surface area contributed by atoms with E-state index in [1.54, 1.807) is 31.2 Å². The Morgan fingerprint density at radius 1 is 1.00 bits per heavy atom. The lowest BCUT2D eigenvalue weighted by atomic mass is 9.78. The molecule has 37 heavy (non-hydrogen) atoms. The summed E-state index contributed by atoms with van der Waals surface area (Å²) in [7, 11) is 0. The van der Waals surface area contributed by atoms with Gasteiger partial charge < -0.3 is 14.6 Å². The SMILES string of the molecule is C/C=C/C1CCC(c2ccc(OC(O)C3C=CC(C4=CCC(OCC)C(F)=C4F)CC3)c(F)c2F)CC1. The molecule has 0 amide bonds. The van der Waals surface area contributed by atoms with Crippen molar-refractivity contribution in [3.8, 4) is 5.75 Å². The van der Waals surface area contributed by atoms with Crippen molar-refractivity contribution >= 4 is 0 Å². The van der Waals surface area contributed by atoms with Crippen LogP contribution in [0.3, 0.4) is 0 Å². The number of halogens is 4. The summed E-state index contributed by atoms with van der Waals surface area (Å²) in [6, 6.07) is 2.94. The molecule has 0 bridgehead atoms. The van der Waals surface area contributed by atoms with E-state index in [0.29, 0.717) is 30.9 Å². The monoisotopic (exact) mass is 520 g/mol. The van der Waals surface area contributed by atoms with Crippen LogP contribution in [0.25, 0.3) is 0 Å². The molecular formula is C30H36F4O3. The van der Waals surface area contributed by atoms with Gasteiger partial charge in [0.15, 0.2) is 23.2 Å². The summed E-state index contributed by atoms with van der Waals surface area (Å²) in [4.78, 5) is 0. The van der Waals surface area contributed by atoms with Crippen LogP contribution in [0, 0.1) is 29.4 Å². The van der Waals surface area contributed by atoms with Gasteiger partial charge in [-0.3, -0.25) is 0 Å². The molecule has 0 aliphatic heterocycles. The van der Waals surface area contributed by atoms with Gasteiger partial charge in [0, 0.05) is 18.4 Å².